The first kappa shape index (κ1) is 25.9. The van der Waals surface area contributed by atoms with Gasteiger partial charge in [-0.3, -0.25) is 9.52 Å². The molecular formula is C24H23ClN6O3S2. The Labute approximate surface area is 218 Å². The van der Waals surface area contributed by atoms with Crippen molar-refractivity contribution in [1.29, 1.82) is 5.26 Å². The van der Waals surface area contributed by atoms with Crippen LogP contribution in [0.3, 0.4) is 0 Å². The molecule has 1 aromatic carbocycles. The summed E-state index contributed by atoms with van der Waals surface area (Å²) < 4.78 is 27.5. The van der Waals surface area contributed by atoms with E-state index >= 15 is 0 Å². The van der Waals surface area contributed by atoms with Gasteiger partial charge < -0.3 is 5.32 Å². The van der Waals surface area contributed by atoms with E-state index in [1.165, 1.54) is 48.2 Å². The molecule has 0 saturated carbocycles. The van der Waals surface area contributed by atoms with Gasteiger partial charge in [0.2, 0.25) is 5.91 Å². The molecule has 4 rings (SSSR count). The normalized spacial score (nSPS) is 13.8. The Balaban J connectivity index is 1.44. The zero-order valence-corrected chi connectivity index (χ0v) is 21.8. The second-order valence-corrected chi connectivity index (χ2v) is 11.4. The summed E-state index contributed by atoms with van der Waals surface area (Å²) >= 11 is 6.95. The van der Waals surface area contributed by atoms with Crippen LogP contribution in [0.5, 0.6) is 0 Å². The second kappa shape index (κ2) is 11.2. The number of anilines is 2. The molecule has 0 spiro atoms. The molecule has 2 aromatic heterocycles. The van der Waals surface area contributed by atoms with Gasteiger partial charge >= 0.3 is 0 Å². The van der Waals surface area contributed by atoms with Crippen LogP contribution in [0.4, 0.5) is 11.5 Å². The molecule has 186 valence electrons. The highest BCUT2D eigenvalue weighted by Crippen LogP contribution is 2.31. The number of fused-ring (bicyclic) bond motifs is 1. The van der Waals surface area contributed by atoms with Crippen LogP contribution in [0, 0.1) is 11.3 Å². The first-order valence-corrected chi connectivity index (χ1v) is 14.1. The number of carbonyl (C=O) groups excluding carboxylic acids is 1. The number of rotatable bonds is 8. The van der Waals surface area contributed by atoms with E-state index in [1.54, 1.807) is 0 Å². The van der Waals surface area contributed by atoms with E-state index in [1.807, 2.05) is 13.0 Å². The number of amides is 1. The van der Waals surface area contributed by atoms with Crippen molar-refractivity contribution >= 4 is 50.8 Å². The Morgan fingerprint density at radius 2 is 1.92 bits per heavy atom. The molecule has 1 aliphatic carbocycles. The Hall–Kier alpha value is -3.20. The number of nitrogens with zero attached hydrogens (tertiary/aromatic N) is 4. The van der Waals surface area contributed by atoms with Gasteiger partial charge in [-0.25, -0.2) is 13.4 Å². The fourth-order valence-electron chi connectivity index (χ4n) is 3.75. The quantitative estimate of drug-likeness (QED) is 0.394. The Bertz CT molecular complexity index is 1410. The van der Waals surface area contributed by atoms with Gasteiger partial charge in [-0.1, -0.05) is 30.3 Å². The summed E-state index contributed by atoms with van der Waals surface area (Å²) in [6.45, 7) is 1.89. The fourth-order valence-corrected chi connectivity index (χ4v) is 5.84. The largest absolute Gasteiger partial charge is 0.325 e. The minimum atomic E-state index is -3.90. The van der Waals surface area contributed by atoms with E-state index in [4.69, 9.17) is 16.6 Å². The summed E-state index contributed by atoms with van der Waals surface area (Å²) in [7, 11) is -3.90. The van der Waals surface area contributed by atoms with Crippen molar-refractivity contribution in [3.05, 3.63) is 64.4 Å². The van der Waals surface area contributed by atoms with Crippen molar-refractivity contribution in [2.24, 2.45) is 0 Å². The third kappa shape index (κ3) is 6.13. The molecule has 1 aliphatic rings. The molecule has 2 heterocycles. The summed E-state index contributed by atoms with van der Waals surface area (Å²) in [6, 6.07) is 12.7. The summed E-state index contributed by atoms with van der Waals surface area (Å²) in [5.74, 6) is -0.219. The van der Waals surface area contributed by atoms with E-state index < -0.39 is 15.3 Å². The van der Waals surface area contributed by atoms with Gasteiger partial charge in [-0.2, -0.15) is 5.26 Å². The highest BCUT2D eigenvalue weighted by atomic mass is 35.5. The molecule has 2 N–H and O–H groups in total. The van der Waals surface area contributed by atoms with Crippen molar-refractivity contribution in [2.75, 3.05) is 10.0 Å². The number of carbonyl (C=O) groups is 1. The monoisotopic (exact) mass is 542 g/mol. The van der Waals surface area contributed by atoms with E-state index in [2.05, 4.69) is 26.3 Å². The molecule has 0 bridgehead atoms. The lowest BCUT2D eigenvalue weighted by molar-refractivity contribution is -0.115. The number of pyridine rings is 1. The fraction of sp³-hybridized carbons (Fsp3) is 0.292. The standard InChI is InChI=1S/C24H23ClN6O3S2/c1-2-20(35-24-16(14-26)13-15-5-3-4-6-19(15)28-24)23(32)27-17-7-9-18(10-8-17)36(33,34)31-22-12-11-21(25)29-30-22/h7-13,20H,2-6H2,1H3,(H,27,32)(H,30,31). The van der Waals surface area contributed by atoms with Crippen LogP contribution in [0.1, 0.15) is 43.0 Å². The lowest BCUT2D eigenvalue weighted by Gasteiger charge is -2.19. The summed E-state index contributed by atoms with van der Waals surface area (Å²) in [4.78, 5) is 17.7. The van der Waals surface area contributed by atoms with E-state index in [0.29, 0.717) is 22.7 Å². The minimum Gasteiger partial charge on any atom is -0.325 e. The zero-order valence-electron chi connectivity index (χ0n) is 19.4. The third-order valence-corrected chi connectivity index (χ3v) is 8.55. The first-order chi connectivity index (χ1) is 17.3. The van der Waals surface area contributed by atoms with Gasteiger partial charge in [0, 0.05) is 11.4 Å². The van der Waals surface area contributed by atoms with E-state index in [-0.39, 0.29) is 21.8 Å². The van der Waals surface area contributed by atoms with Gasteiger partial charge in [-0.15, -0.1) is 10.2 Å². The van der Waals surface area contributed by atoms with Crippen LogP contribution in [0.15, 0.2) is 52.4 Å². The molecule has 0 aliphatic heterocycles. The molecule has 1 amide bonds. The topological polar surface area (TPSA) is 138 Å². The number of hydrogen-bond acceptors (Lipinski definition) is 8. The van der Waals surface area contributed by atoms with E-state index in [9.17, 15) is 18.5 Å². The van der Waals surface area contributed by atoms with Crippen LogP contribution in [0.25, 0.3) is 0 Å². The Kier molecular flexibility index (Phi) is 8.08. The van der Waals surface area contributed by atoms with Gasteiger partial charge in [0.25, 0.3) is 10.0 Å². The summed E-state index contributed by atoms with van der Waals surface area (Å²) in [5.41, 5.74) is 3.06. The number of aryl methyl sites for hydroxylation is 2. The minimum absolute atomic E-state index is 0.00409. The first-order valence-electron chi connectivity index (χ1n) is 11.3. The molecule has 1 atom stereocenters. The predicted molar refractivity (Wildman–Crippen MR) is 138 cm³/mol. The second-order valence-electron chi connectivity index (χ2n) is 8.14. The van der Waals surface area contributed by atoms with Gasteiger partial charge in [-0.05, 0) is 80.1 Å². The predicted octanol–water partition coefficient (Wildman–Crippen LogP) is 4.59. The number of hydrogen-bond donors (Lipinski definition) is 2. The van der Waals surface area contributed by atoms with Crippen LogP contribution >= 0.6 is 23.4 Å². The van der Waals surface area contributed by atoms with Crippen LogP contribution in [-0.2, 0) is 27.7 Å². The maximum Gasteiger partial charge on any atom is 0.263 e. The molecular weight excluding hydrogens is 520 g/mol. The number of halogens is 1. The van der Waals surface area contributed by atoms with E-state index in [0.717, 1.165) is 36.9 Å². The number of thioether (sulfide) groups is 1. The molecule has 12 heteroatoms. The molecule has 0 saturated heterocycles. The number of nitrogens with one attached hydrogen (secondary N) is 2. The van der Waals surface area contributed by atoms with Crippen molar-refractivity contribution in [2.45, 2.75) is 54.2 Å². The maximum absolute atomic E-state index is 13.0. The third-order valence-electron chi connectivity index (χ3n) is 5.61. The van der Waals surface area contributed by atoms with Crippen molar-refractivity contribution in [3.8, 4) is 6.07 Å². The average molecular weight is 543 g/mol. The van der Waals surface area contributed by atoms with Gasteiger partial charge in [0.1, 0.15) is 11.1 Å². The van der Waals surface area contributed by atoms with Crippen LogP contribution < -0.4 is 10.0 Å². The van der Waals surface area contributed by atoms with Crippen molar-refractivity contribution < 1.29 is 13.2 Å². The highest BCUT2D eigenvalue weighted by Gasteiger charge is 2.23. The summed E-state index contributed by atoms with van der Waals surface area (Å²) in [6.07, 6.45) is 4.50. The van der Waals surface area contributed by atoms with Gasteiger partial charge in [0.05, 0.1) is 15.7 Å². The SMILES string of the molecule is CCC(Sc1nc2c(cc1C#N)CCCC2)C(=O)Nc1ccc(S(=O)(=O)Nc2ccc(Cl)nn2)cc1. The molecule has 9 nitrogen and oxygen atoms in total. The molecule has 1 unspecified atom stereocenters. The van der Waals surface area contributed by atoms with Crippen molar-refractivity contribution in [1.82, 2.24) is 15.2 Å². The molecule has 36 heavy (non-hydrogen) atoms. The van der Waals surface area contributed by atoms with Crippen LogP contribution in [-0.4, -0.2) is 34.8 Å². The molecule has 0 fully saturated rings. The van der Waals surface area contributed by atoms with Crippen molar-refractivity contribution in [3.63, 3.8) is 0 Å². The Morgan fingerprint density at radius 3 is 2.58 bits per heavy atom. The average Bonchev–Trinajstić information content (AvgIpc) is 2.88. The number of benzene rings is 1. The lowest BCUT2D eigenvalue weighted by Crippen LogP contribution is -2.25. The lowest BCUT2D eigenvalue weighted by atomic mass is 9.95. The highest BCUT2D eigenvalue weighted by molar-refractivity contribution is 8.00. The van der Waals surface area contributed by atoms with Gasteiger partial charge in [0.15, 0.2) is 11.0 Å². The number of aromatic nitrogens is 3. The maximum atomic E-state index is 13.0. The Morgan fingerprint density at radius 1 is 1.17 bits per heavy atom. The molecule has 0 radical (unpaired) electrons. The summed E-state index contributed by atoms with van der Waals surface area (Å²) in [5, 5.41) is 20.0. The number of sulfonamides is 1. The smallest absolute Gasteiger partial charge is 0.263 e. The molecule has 3 aromatic rings. The van der Waals surface area contributed by atoms with Crippen LogP contribution in [0.2, 0.25) is 5.15 Å². The number of nitriles is 1. The zero-order chi connectivity index (χ0) is 25.7.